The average Bonchev–Trinajstić information content (AvgIpc) is 3.07. The molecule has 26 heavy (non-hydrogen) atoms. The van der Waals surface area contributed by atoms with Crippen molar-refractivity contribution in [3.8, 4) is 0 Å². The molecule has 0 aromatic carbocycles. The first-order chi connectivity index (χ1) is 12.9. The molecule has 2 aliphatic carbocycles. The third-order valence-electron chi connectivity index (χ3n) is 6.84. The quantitative estimate of drug-likeness (QED) is 0.356. The second-order valence-electron chi connectivity index (χ2n) is 8.86. The summed E-state index contributed by atoms with van der Waals surface area (Å²) in [5, 5.41) is 10.1. The number of rotatable bonds is 2. The Balaban J connectivity index is 1.72. The smallest absolute Gasteiger partial charge is 0.0770 e. The van der Waals surface area contributed by atoms with Gasteiger partial charge in [-0.2, -0.15) is 10.2 Å². The third-order valence-corrected chi connectivity index (χ3v) is 6.84. The van der Waals surface area contributed by atoms with Crippen molar-refractivity contribution >= 4 is 0 Å². The first-order valence-electron chi connectivity index (χ1n) is 11.6. The van der Waals surface area contributed by atoms with E-state index in [9.17, 15) is 0 Å². The lowest BCUT2D eigenvalue weighted by Crippen LogP contribution is -2.21. The minimum absolute atomic E-state index is 0.432. The van der Waals surface area contributed by atoms with Crippen LogP contribution >= 0.6 is 0 Å². The molecular weight excluding hydrogens is 316 g/mol. The normalized spacial score (nSPS) is 32.2. The van der Waals surface area contributed by atoms with Crippen molar-refractivity contribution in [3.05, 3.63) is 24.3 Å². The maximum Gasteiger partial charge on any atom is 0.0770 e. The van der Waals surface area contributed by atoms with E-state index in [4.69, 9.17) is 10.2 Å². The van der Waals surface area contributed by atoms with Gasteiger partial charge in [0.25, 0.3) is 0 Å². The van der Waals surface area contributed by atoms with Crippen molar-refractivity contribution in [3.63, 3.8) is 0 Å². The predicted molar refractivity (Wildman–Crippen MR) is 112 cm³/mol. The summed E-state index contributed by atoms with van der Waals surface area (Å²) in [4.78, 5) is 0. The van der Waals surface area contributed by atoms with Crippen LogP contribution in [0.1, 0.15) is 103 Å². The Hall–Kier alpha value is -0.920. The van der Waals surface area contributed by atoms with Crippen LogP contribution in [0.4, 0.5) is 0 Å². The second kappa shape index (κ2) is 11.7. The van der Waals surface area contributed by atoms with Crippen molar-refractivity contribution in [2.24, 2.45) is 22.1 Å². The van der Waals surface area contributed by atoms with Gasteiger partial charge in [0.15, 0.2) is 0 Å². The van der Waals surface area contributed by atoms with Crippen LogP contribution in [0.15, 0.2) is 34.5 Å². The minimum Gasteiger partial charge on any atom is -0.190 e. The van der Waals surface area contributed by atoms with Crippen molar-refractivity contribution in [2.45, 2.75) is 115 Å². The van der Waals surface area contributed by atoms with Crippen molar-refractivity contribution in [2.75, 3.05) is 0 Å². The highest BCUT2D eigenvalue weighted by Crippen LogP contribution is 2.32. The first kappa shape index (κ1) is 19.8. The number of azo groups is 1. The molecule has 0 saturated heterocycles. The number of hydrogen-bond donors (Lipinski definition) is 0. The number of nitrogens with zero attached hydrogens (tertiary/aromatic N) is 2. The van der Waals surface area contributed by atoms with Crippen molar-refractivity contribution in [1.29, 1.82) is 0 Å². The molecule has 0 spiro atoms. The fourth-order valence-electron chi connectivity index (χ4n) is 5.13. The van der Waals surface area contributed by atoms with E-state index in [0.717, 1.165) is 24.7 Å². The molecule has 1 aliphatic heterocycles. The summed E-state index contributed by atoms with van der Waals surface area (Å²) in [6.45, 7) is 0. The maximum absolute atomic E-state index is 5.05. The Morgan fingerprint density at radius 2 is 0.846 bits per heavy atom. The monoisotopic (exact) mass is 356 g/mol. The Labute approximate surface area is 161 Å². The van der Waals surface area contributed by atoms with Gasteiger partial charge in [0, 0.05) is 0 Å². The van der Waals surface area contributed by atoms with Crippen LogP contribution in [0, 0.1) is 11.8 Å². The van der Waals surface area contributed by atoms with Crippen LogP contribution < -0.4 is 0 Å². The molecule has 0 aromatic rings. The van der Waals surface area contributed by atoms with Crippen LogP contribution in [-0.4, -0.2) is 12.1 Å². The van der Waals surface area contributed by atoms with Gasteiger partial charge in [-0.1, -0.05) is 75.7 Å². The minimum atomic E-state index is 0.432. The lowest BCUT2D eigenvalue weighted by molar-refractivity contribution is 0.331. The fraction of sp³-hybridized carbons (Fsp3) is 0.833. The average molecular weight is 357 g/mol. The molecule has 0 N–H and O–H groups in total. The molecule has 0 aromatic heterocycles. The SMILES string of the molecule is C1=CCC(C2CCCCCC2)N=NC(C2CCCCCC2)C/C=C/CC1. The van der Waals surface area contributed by atoms with Gasteiger partial charge in [0.1, 0.15) is 0 Å². The van der Waals surface area contributed by atoms with Gasteiger partial charge < -0.3 is 0 Å². The molecule has 2 unspecified atom stereocenters. The van der Waals surface area contributed by atoms with E-state index in [1.807, 2.05) is 0 Å². The Morgan fingerprint density at radius 1 is 0.462 bits per heavy atom. The van der Waals surface area contributed by atoms with Gasteiger partial charge in [0.2, 0.25) is 0 Å². The van der Waals surface area contributed by atoms with Gasteiger partial charge in [-0.15, -0.1) is 0 Å². The van der Waals surface area contributed by atoms with Crippen LogP contribution in [0.3, 0.4) is 0 Å². The molecule has 3 rings (SSSR count). The summed E-state index contributed by atoms with van der Waals surface area (Å²) in [7, 11) is 0. The van der Waals surface area contributed by atoms with Crippen molar-refractivity contribution in [1.82, 2.24) is 0 Å². The molecule has 2 fully saturated rings. The summed E-state index contributed by atoms with van der Waals surface area (Å²) >= 11 is 0. The van der Waals surface area contributed by atoms with Crippen LogP contribution in [0.5, 0.6) is 0 Å². The summed E-state index contributed by atoms with van der Waals surface area (Å²) in [6, 6.07) is 0.863. The lowest BCUT2D eigenvalue weighted by atomic mass is 9.89. The molecule has 0 radical (unpaired) electrons. The Morgan fingerprint density at radius 3 is 1.23 bits per heavy atom. The standard InChI is InChI=1S/C24H40N2/c1-2-4-14-20-24(22-17-11-7-8-12-18-22)26-25-23(19-13-3-1)21-15-9-5-6-10-16-21/h3-4,13-14,21-24H,1-2,5-12,15-20H2/b13-3+,14-4?,26-25?. The Bertz CT molecular complexity index is 407. The molecule has 2 heteroatoms. The van der Waals surface area contributed by atoms with Gasteiger partial charge in [-0.25, -0.2) is 0 Å². The molecule has 3 aliphatic rings. The van der Waals surface area contributed by atoms with E-state index < -0.39 is 0 Å². The Kier molecular flexibility index (Phi) is 8.94. The van der Waals surface area contributed by atoms with E-state index >= 15 is 0 Å². The molecule has 2 nitrogen and oxygen atoms in total. The second-order valence-corrected chi connectivity index (χ2v) is 8.86. The van der Waals surface area contributed by atoms with E-state index in [2.05, 4.69) is 24.3 Å². The molecule has 2 saturated carbocycles. The van der Waals surface area contributed by atoms with Gasteiger partial charge in [-0.3, -0.25) is 0 Å². The zero-order valence-electron chi connectivity index (χ0n) is 16.8. The van der Waals surface area contributed by atoms with E-state index in [0.29, 0.717) is 12.1 Å². The topological polar surface area (TPSA) is 24.7 Å². The van der Waals surface area contributed by atoms with E-state index in [1.54, 1.807) is 0 Å². The zero-order valence-corrected chi connectivity index (χ0v) is 16.8. The van der Waals surface area contributed by atoms with Crippen molar-refractivity contribution < 1.29 is 0 Å². The highest BCUT2D eigenvalue weighted by atomic mass is 15.1. The molecule has 1 heterocycles. The fourth-order valence-corrected chi connectivity index (χ4v) is 5.13. The van der Waals surface area contributed by atoms with Crippen LogP contribution in [-0.2, 0) is 0 Å². The molecule has 146 valence electrons. The molecular formula is C24H40N2. The van der Waals surface area contributed by atoms with Gasteiger partial charge in [-0.05, 0) is 63.2 Å². The number of allylic oxidation sites excluding steroid dienone is 2. The summed E-state index contributed by atoms with van der Waals surface area (Å²) in [6.07, 6.45) is 30.8. The predicted octanol–water partition coefficient (Wildman–Crippen LogP) is 7.80. The number of hydrogen-bond acceptors (Lipinski definition) is 2. The largest absolute Gasteiger partial charge is 0.190 e. The molecule has 0 bridgehead atoms. The molecule has 2 atom stereocenters. The first-order valence-corrected chi connectivity index (χ1v) is 11.6. The maximum atomic E-state index is 5.05. The third kappa shape index (κ3) is 6.67. The summed E-state index contributed by atoms with van der Waals surface area (Å²) in [5.74, 6) is 1.53. The summed E-state index contributed by atoms with van der Waals surface area (Å²) in [5.41, 5.74) is 0. The summed E-state index contributed by atoms with van der Waals surface area (Å²) < 4.78 is 0. The molecule has 0 amide bonds. The zero-order chi connectivity index (χ0) is 17.9. The van der Waals surface area contributed by atoms with E-state index in [1.165, 1.54) is 89.9 Å². The lowest BCUT2D eigenvalue weighted by Gasteiger charge is -2.24. The van der Waals surface area contributed by atoms with Crippen LogP contribution in [0.25, 0.3) is 0 Å². The van der Waals surface area contributed by atoms with Crippen LogP contribution in [0.2, 0.25) is 0 Å². The van der Waals surface area contributed by atoms with Gasteiger partial charge >= 0.3 is 0 Å². The highest BCUT2D eigenvalue weighted by molar-refractivity contribution is 4.95. The highest BCUT2D eigenvalue weighted by Gasteiger charge is 2.25. The van der Waals surface area contributed by atoms with Gasteiger partial charge in [0.05, 0.1) is 12.1 Å². The van der Waals surface area contributed by atoms with E-state index in [-0.39, 0.29) is 0 Å².